The van der Waals surface area contributed by atoms with Gasteiger partial charge in [0, 0.05) is 17.1 Å². The van der Waals surface area contributed by atoms with Gasteiger partial charge < -0.3 is 0 Å². The normalized spacial score (nSPS) is 7.03. The van der Waals surface area contributed by atoms with E-state index in [0.29, 0.717) is 0 Å². The number of hydrogen-bond acceptors (Lipinski definition) is 0. The fourth-order valence-electron chi connectivity index (χ4n) is 2.31. The molecule has 0 amide bonds. The van der Waals surface area contributed by atoms with Gasteiger partial charge in [-0.05, 0) is 0 Å². The molecule has 0 aliphatic carbocycles. The van der Waals surface area contributed by atoms with Gasteiger partial charge >= 0.3 is 178 Å². The van der Waals surface area contributed by atoms with E-state index in [4.69, 9.17) is 23.3 Å². The summed E-state index contributed by atoms with van der Waals surface area (Å²) in [5.74, 6) is 0. The Kier molecular flexibility index (Phi) is 33.8. The quantitative estimate of drug-likeness (QED) is 0.274. The third kappa shape index (κ3) is 13.8. The van der Waals surface area contributed by atoms with Crippen molar-refractivity contribution >= 4 is 30.5 Å². The van der Waals surface area contributed by atoms with Gasteiger partial charge in [-0.3, -0.25) is 0 Å². The standard InChI is InChI=1S/3C6H5.5CO.Mn.Sn/c3*1-2-4-6-5-3-1;5*1-2;;/h3*1-5H;;;;;;;. The van der Waals surface area contributed by atoms with E-state index in [1.54, 1.807) is 0 Å². The molecule has 3 aromatic carbocycles. The zero-order valence-corrected chi connectivity index (χ0v) is 19.6. The van der Waals surface area contributed by atoms with Crippen molar-refractivity contribution in [2.45, 2.75) is 0 Å². The van der Waals surface area contributed by atoms with Crippen LogP contribution in [-0.4, -0.2) is 19.8 Å². The molecule has 148 valence electrons. The SMILES string of the molecule is [C-]#[O+].[C-]#[O+].[C-]#[O+].[C-]#[O+].[C-]#[O+].[Mn].c1cc[c]([Sn]([c]2ccccc2)[c]2ccccc2)cc1. The summed E-state index contributed by atoms with van der Waals surface area (Å²) in [7, 11) is 0. The molecule has 7 heteroatoms. The molecular formula is C23H15MnO5Sn. The van der Waals surface area contributed by atoms with Crippen LogP contribution in [0.5, 0.6) is 0 Å². The van der Waals surface area contributed by atoms with Crippen molar-refractivity contribution in [2.75, 3.05) is 0 Å². The maximum absolute atomic E-state index is 7.50. The van der Waals surface area contributed by atoms with Crippen LogP contribution in [0.1, 0.15) is 0 Å². The molecule has 0 unspecified atom stereocenters. The zero-order valence-electron chi connectivity index (χ0n) is 15.6. The van der Waals surface area contributed by atoms with E-state index in [9.17, 15) is 0 Å². The van der Waals surface area contributed by atoms with Gasteiger partial charge in [-0.1, -0.05) is 0 Å². The van der Waals surface area contributed by atoms with Crippen LogP contribution >= 0.6 is 0 Å². The molecule has 0 fully saturated rings. The molecule has 3 rings (SSSR count). The monoisotopic (exact) mass is 546 g/mol. The van der Waals surface area contributed by atoms with Crippen molar-refractivity contribution in [2.24, 2.45) is 0 Å². The summed E-state index contributed by atoms with van der Waals surface area (Å²) in [6.07, 6.45) is 0. The Labute approximate surface area is 194 Å². The van der Waals surface area contributed by atoms with Crippen molar-refractivity contribution in [1.82, 2.24) is 0 Å². The molecule has 0 atom stereocenters. The topological polar surface area (TPSA) is 99.5 Å². The van der Waals surface area contributed by atoms with Gasteiger partial charge in [0.2, 0.25) is 0 Å². The first-order valence-electron chi connectivity index (χ1n) is 7.50. The van der Waals surface area contributed by atoms with E-state index < -0.39 is 19.8 Å². The fourth-order valence-corrected chi connectivity index (χ4v) is 9.67. The average molecular weight is 545 g/mol. The van der Waals surface area contributed by atoms with Crippen LogP contribution in [0.25, 0.3) is 0 Å². The molecule has 0 aromatic heterocycles. The van der Waals surface area contributed by atoms with Gasteiger partial charge in [0.15, 0.2) is 0 Å². The fraction of sp³-hybridized carbons (Fsp3) is 0. The van der Waals surface area contributed by atoms with Crippen molar-refractivity contribution in [3.63, 3.8) is 0 Å². The van der Waals surface area contributed by atoms with Crippen molar-refractivity contribution in [3.8, 4) is 0 Å². The summed E-state index contributed by atoms with van der Waals surface area (Å²) in [5, 5.41) is 0. The Morgan fingerprint density at radius 3 is 0.700 bits per heavy atom. The van der Waals surface area contributed by atoms with Gasteiger partial charge in [0.25, 0.3) is 0 Å². The van der Waals surface area contributed by atoms with E-state index in [1.165, 1.54) is 10.7 Å². The molecule has 0 aliphatic rings. The first kappa shape index (κ1) is 35.1. The third-order valence-electron chi connectivity index (χ3n) is 3.19. The van der Waals surface area contributed by atoms with E-state index >= 15 is 0 Å². The van der Waals surface area contributed by atoms with Gasteiger partial charge in [0.05, 0.1) is 0 Å². The molecule has 0 bridgehead atoms. The van der Waals surface area contributed by atoms with Crippen LogP contribution in [0.2, 0.25) is 0 Å². The van der Waals surface area contributed by atoms with Crippen molar-refractivity contribution in [3.05, 3.63) is 124 Å². The Balaban J connectivity index is -0.000000271. The second-order valence-corrected chi connectivity index (χ2v) is 11.6. The van der Waals surface area contributed by atoms with E-state index in [2.05, 4.69) is 124 Å². The van der Waals surface area contributed by atoms with Crippen molar-refractivity contribution < 1.29 is 40.3 Å². The van der Waals surface area contributed by atoms with Crippen molar-refractivity contribution in [1.29, 1.82) is 0 Å². The molecule has 0 heterocycles. The van der Waals surface area contributed by atoms with Gasteiger partial charge in [-0.15, -0.1) is 0 Å². The summed E-state index contributed by atoms with van der Waals surface area (Å²) in [4.78, 5) is 0. The molecule has 30 heavy (non-hydrogen) atoms. The third-order valence-corrected chi connectivity index (χ3v) is 11.0. The van der Waals surface area contributed by atoms with Crippen LogP contribution in [0.15, 0.2) is 91.0 Å². The second-order valence-electron chi connectivity index (χ2n) is 4.47. The minimum absolute atomic E-state index is 0. The Hall–Kier alpha value is -2.32. The van der Waals surface area contributed by atoms with Crippen LogP contribution in [0, 0.1) is 33.3 Å². The van der Waals surface area contributed by atoms with E-state index in [-0.39, 0.29) is 17.1 Å². The number of rotatable bonds is 3. The first-order valence-corrected chi connectivity index (χ1v) is 11.8. The molecule has 0 saturated heterocycles. The van der Waals surface area contributed by atoms with Crippen LogP contribution in [0.3, 0.4) is 0 Å². The minimum atomic E-state index is -1.98. The molecular weight excluding hydrogens is 530 g/mol. The molecule has 5 nitrogen and oxygen atoms in total. The molecule has 3 aromatic rings. The predicted octanol–water partition coefficient (Wildman–Crippen LogP) is 2.01. The average Bonchev–Trinajstić information content (AvgIpc) is 2.88. The van der Waals surface area contributed by atoms with E-state index in [1.807, 2.05) is 0 Å². The van der Waals surface area contributed by atoms with Gasteiger partial charge in [-0.2, -0.15) is 0 Å². The molecule has 2 radical (unpaired) electrons. The first-order chi connectivity index (χ1) is 14.4. The summed E-state index contributed by atoms with van der Waals surface area (Å²) < 4.78 is 42.1. The van der Waals surface area contributed by atoms with Gasteiger partial charge in [-0.25, -0.2) is 0 Å². The Bertz CT molecular complexity index is 716. The molecule has 0 aliphatic heterocycles. The molecule has 0 N–H and O–H groups in total. The number of benzene rings is 3. The summed E-state index contributed by atoms with van der Waals surface area (Å²) in [6.45, 7) is 22.5. The van der Waals surface area contributed by atoms with Crippen LogP contribution in [-0.2, 0) is 40.3 Å². The predicted molar refractivity (Wildman–Crippen MR) is 104 cm³/mol. The Morgan fingerprint density at radius 1 is 0.367 bits per heavy atom. The van der Waals surface area contributed by atoms with Crippen LogP contribution in [0.4, 0.5) is 0 Å². The van der Waals surface area contributed by atoms with Gasteiger partial charge in [0.1, 0.15) is 0 Å². The second kappa shape index (κ2) is 28.9. The zero-order chi connectivity index (χ0) is 22.9. The van der Waals surface area contributed by atoms with E-state index in [0.717, 1.165) is 0 Å². The summed E-state index contributed by atoms with van der Waals surface area (Å²) in [6, 6.07) is 32.9. The molecule has 0 spiro atoms. The molecule has 0 saturated carbocycles. The summed E-state index contributed by atoms with van der Waals surface area (Å²) in [5.41, 5.74) is 0. The maximum atomic E-state index is 7.50. The van der Waals surface area contributed by atoms with Crippen LogP contribution < -0.4 is 10.7 Å². The Morgan fingerprint density at radius 2 is 0.533 bits per heavy atom. The summed E-state index contributed by atoms with van der Waals surface area (Å²) >= 11 is -1.98. The number of hydrogen-bond donors (Lipinski definition) is 0.